The molecule has 0 radical (unpaired) electrons. The lowest BCUT2D eigenvalue weighted by molar-refractivity contribution is -0.141. The Morgan fingerprint density at radius 3 is 2.52 bits per heavy atom. The highest BCUT2D eigenvalue weighted by Crippen LogP contribution is 2.37. The van der Waals surface area contributed by atoms with Crippen molar-refractivity contribution in [2.45, 2.75) is 75.7 Å². The Morgan fingerprint density at radius 1 is 1.05 bits per heavy atom. The maximum absolute atomic E-state index is 13.5. The zero-order valence-electron chi connectivity index (χ0n) is 32.5. The highest BCUT2D eigenvalue weighted by molar-refractivity contribution is 6.07. The van der Waals surface area contributed by atoms with Gasteiger partial charge in [-0.3, -0.25) is 33.5 Å². The lowest BCUT2D eigenvalue weighted by atomic mass is 9.85. The monoisotopic (exact) mass is 802 g/mol. The molecule has 306 valence electrons. The van der Waals surface area contributed by atoms with Crippen molar-refractivity contribution in [2.24, 2.45) is 13.0 Å². The van der Waals surface area contributed by atoms with E-state index in [1.54, 1.807) is 23.7 Å². The number of anilines is 2. The number of fused-ring (bicyclic) bond motifs is 2. The van der Waals surface area contributed by atoms with Gasteiger partial charge < -0.3 is 19.9 Å². The second kappa shape index (κ2) is 15.5. The average molecular weight is 803 g/mol. The minimum atomic E-state index is -4.82. The van der Waals surface area contributed by atoms with Gasteiger partial charge in [-0.1, -0.05) is 6.07 Å². The molecule has 1 unspecified atom stereocenters. The van der Waals surface area contributed by atoms with Crippen molar-refractivity contribution in [1.82, 2.24) is 39.1 Å². The summed E-state index contributed by atoms with van der Waals surface area (Å²) in [6, 6.07) is 9.02. The molecule has 18 heteroatoms. The van der Waals surface area contributed by atoms with Crippen LogP contribution in [0, 0.1) is 5.92 Å². The smallest absolute Gasteiger partial charge is 0.434 e. The summed E-state index contributed by atoms with van der Waals surface area (Å²) in [4.78, 5) is 62.6. The second-order valence-electron chi connectivity index (χ2n) is 15.6. The zero-order valence-corrected chi connectivity index (χ0v) is 32.5. The number of carbonyl (C=O) groups is 3. The molecule has 1 saturated carbocycles. The molecular weight excluding hydrogens is 757 g/mol. The Bertz CT molecular complexity index is 2440. The molecule has 3 aliphatic rings. The maximum Gasteiger partial charge on any atom is 0.434 e. The van der Waals surface area contributed by atoms with E-state index in [-0.39, 0.29) is 35.5 Å². The van der Waals surface area contributed by atoms with Gasteiger partial charge in [-0.05, 0) is 76.1 Å². The number of piperidine rings is 2. The first kappa shape index (κ1) is 39.1. The molecule has 1 aliphatic carbocycles. The number of imidazole rings is 1. The van der Waals surface area contributed by atoms with Crippen LogP contribution in [0.4, 0.5) is 24.5 Å². The number of para-hydroxylation sites is 1. The molecule has 2 aliphatic heterocycles. The number of nitrogens with zero attached hydrogens (tertiary/aromatic N) is 8. The van der Waals surface area contributed by atoms with Crippen molar-refractivity contribution in [3.8, 4) is 5.75 Å². The fourth-order valence-electron chi connectivity index (χ4n) is 9.04. The van der Waals surface area contributed by atoms with Crippen LogP contribution in [-0.2, 0) is 22.8 Å². The number of amides is 3. The fraction of sp³-hybridized carbons (Fsp3) is 0.475. The summed E-state index contributed by atoms with van der Waals surface area (Å²) >= 11 is 0. The Hall–Kier alpha value is -5.78. The summed E-state index contributed by atoms with van der Waals surface area (Å²) in [5.41, 5.74) is 1.02. The third kappa shape index (κ3) is 7.40. The van der Waals surface area contributed by atoms with Crippen molar-refractivity contribution < 1.29 is 32.3 Å². The molecule has 1 atom stereocenters. The SMILES string of the molecule is COc1cc2nn(C3CCC(CN(C)C4CCN(c5cccc6c5n(C)c(=O)n6C5CCC(=O)NC5=O)CC4)CC3)cc2cc1NC(=O)c1cncnc1C(F)(F)F. The van der Waals surface area contributed by atoms with E-state index < -0.39 is 35.3 Å². The Morgan fingerprint density at radius 2 is 1.81 bits per heavy atom. The van der Waals surface area contributed by atoms with Gasteiger partial charge in [-0.2, -0.15) is 18.3 Å². The van der Waals surface area contributed by atoms with Gasteiger partial charge in [0.25, 0.3) is 5.91 Å². The number of alkyl halides is 3. The van der Waals surface area contributed by atoms with Crippen LogP contribution >= 0.6 is 0 Å². The predicted octanol–water partition coefficient (Wildman–Crippen LogP) is 5.07. The largest absolute Gasteiger partial charge is 0.494 e. The molecule has 5 aromatic rings. The van der Waals surface area contributed by atoms with Gasteiger partial charge in [0.05, 0.1) is 46.6 Å². The highest BCUT2D eigenvalue weighted by Gasteiger charge is 2.38. The number of methoxy groups -OCH3 is 1. The van der Waals surface area contributed by atoms with Gasteiger partial charge in [0, 0.05) is 63.0 Å². The summed E-state index contributed by atoms with van der Waals surface area (Å²) in [7, 11) is 5.36. The number of carbonyl (C=O) groups excluding carboxylic acids is 3. The first-order valence-corrected chi connectivity index (χ1v) is 19.5. The van der Waals surface area contributed by atoms with Gasteiger partial charge in [0.15, 0.2) is 5.69 Å². The van der Waals surface area contributed by atoms with E-state index in [1.807, 2.05) is 29.1 Å². The highest BCUT2D eigenvalue weighted by atomic mass is 19.4. The summed E-state index contributed by atoms with van der Waals surface area (Å²) in [6.45, 7) is 2.65. The van der Waals surface area contributed by atoms with Crippen molar-refractivity contribution in [3.05, 3.63) is 70.8 Å². The molecule has 15 nitrogen and oxygen atoms in total. The van der Waals surface area contributed by atoms with Crippen LogP contribution in [0.1, 0.15) is 79.5 Å². The first-order valence-electron chi connectivity index (χ1n) is 19.5. The molecule has 8 rings (SSSR count). The average Bonchev–Trinajstić information content (AvgIpc) is 3.74. The summed E-state index contributed by atoms with van der Waals surface area (Å²) < 4.78 is 51.1. The quantitative estimate of drug-likeness (QED) is 0.193. The number of hydrogen-bond acceptors (Lipinski definition) is 10. The molecule has 3 amide bonds. The minimum absolute atomic E-state index is 0.181. The molecule has 0 bridgehead atoms. The summed E-state index contributed by atoms with van der Waals surface area (Å²) in [5, 5.41) is 10.4. The number of nitrogens with one attached hydrogen (secondary N) is 2. The lowest BCUT2D eigenvalue weighted by Gasteiger charge is -2.40. The first-order chi connectivity index (χ1) is 27.8. The minimum Gasteiger partial charge on any atom is -0.494 e. The second-order valence-corrected chi connectivity index (χ2v) is 15.6. The zero-order chi connectivity index (χ0) is 40.9. The molecule has 2 N–H and O–H groups in total. The normalized spacial score (nSPS) is 20.9. The molecule has 3 aromatic heterocycles. The number of rotatable bonds is 9. The van der Waals surface area contributed by atoms with Crippen molar-refractivity contribution in [1.29, 1.82) is 0 Å². The lowest BCUT2D eigenvalue weighted by Crippen LogP contribution is -2.45. The number of hydrogen-bond donors (Lipinski definition) is 2. The molecular formula is C40H45F3N10O5. The maximum atomic E-state index is 13.5. The number of aryl methyl sites for hydroxylation is 1. The van der Waals surface area contributed by atoms with Crippen LogP contribution in [0.3, 0.4) is 0 Å². The summed E-state index contributed by atoms with van der Waals surface area (Å²) in [5.74, 6) is -0.967. The Kier molecular flexibility index (Phi) is 10.5. The molecule has 5 heterocycles. The molecule has 2 aromatic carbocycles. The molecule has 0 spiro atoms. The van der Waals surface area contributed by atoms with Gasteiger partial charge in [-0.25, -0.2) is 14.8 Å². The van der Waals surface area contributed by atoms with Gasteiger partial charge in [0.2, 0.25) is 11.8 Å². The van der Waals surface area contributed by atoms with Crippen LogP contribution in [-0.4, -0.2) is 91.3 Å². The number of ether oxygens (including phenoxy) is 1. The molecule has 2 saturated heterocycles. The molecule has 3 fully saturated rings. The van der Waals surface area contributed by atoms with E-state index in [9.17, 15) is 32.3 Å². The van der Waals surface area contributed by atoms with E-state index in [0.717, 1.165) is 87.3 Å². The third-order valence-electron chi connectivity index (χ3n) is 12.1. The fourth-order valence-corrected chi connectivity index (χ4v) is 9.04. The van der Waals surface area contributed by atoms with E-state index in [0.29, 0.717) is 29.4 Å². The number of halogens is 3. The topological polar surface area (TPSA) is 162 Å². The van der Waals surface area contributed by atoms with Crippen molar-refractivity contribution >= 4 is 51.0 Å². The van der Waals surface area contributed by atoms with Crippen LogP contribution in [0.5, 0.6) is 5.75 Å². The van der Waals surface area contributed by atoms with E-state index >= 15 is 0 Å². The van der Waals surface area contributed by atoms with Crippen LogP contribution in [0.25, 0.3) is 21.9 Å². The van der Waals surface area contributed by atoms with Crippen molar-refractivity contribution in [3.63, 3.8) is 0 Å². The number of benzene rings is 2. The van der Waals surface area contributed by atoms with Crippen molar-refractivity contribution in [2.75, 3.05) is 44.0 Å². The predicted molar refractivity (Wildman–Crippen MR) is 209 cm³/mol. The van der Waals surface area contributed by atoms with Gasteiger partial charge in [0.1, 0.15) is 18.1 Å². The Balaban J connectivity index is 0.872. The van der Waals surface area contributed by atoms with Gasteiger partial charge in [-0.15, -0.1) is 0 Å². The standard InChI is InChI=1S/C40H45F3N10O5/c1-49(25-13-15-51(16-14-25)30-5-4-6-31-35(30)50(2)39(57)53(31)32-11-12-34(54)47-38(32)56)20-23-7-9-26(10-8-23)52-21-24-17-29(33(58-3)18-28(24)48-52)46-37(55)27-19-44-22-45-36(27)40(41,42)43/h4-6,17-19,21-23,25-26,32H,7-16,20H2,1-3H3,(H,46,55)(H,47,54,56). The summed E-state index contributed by atoms with van der Waals surface area (Å²) in [6.07, 6.45) is 5.07. The van der Waals surface area contributed by atoms with E-state index in [2.05, 4.69) is 37.4 Å². The van der Waals surface area contributed by atoms with Crippen LogP contribution < -0.4 is 26.0 Å². The Labute approximate surface area is 331 Å². The van der Waals surface area contributed by atoms with Crippen LogP contribution in [0.2, 0.25) is 0 Å². The van der Waals surface area contributed by atoms with Gasteiger partial charge >= 0.3 is 11.9 Å². The number of imide groups is 1. The van der Waals surface area contributed by atoms with E-state index in [4.69, 9.17) is 9.84 Å². The molecule has 58 heavy (non-hydrogen) atoms. The van der Waals surface area contributed by atoms with E-state index in [1.165, 1.54) is 11.7 Å². The van der Waals surface area contributed by atoms with Crippen LogP contribution in [0.15, 0.2) is 53.8 Å². The number of aromatic nitrogens is 6. The third-order valence-corrected chi connectivity index (χ3v) is 12.1.